The van der Waals surface area contributed by atoms with E-state index in [1.807, 2.05) is 18.2 Å². The molecule has 0 bridgehead atoms. The van der Waals surface area contributed by atoms with E-state index in [1.54, 1.807) is 31.2 Å². The van der Waals surface area contributed by atoms with Crippen molar-refractivity contribution in [2.24, 2.45) is 0 Å². The highest BCUT2D eigenvalue weighted by atomic mass is 16.5. The second kappa shape index (κ2) is 6.15. The predicted octanol–water partition coefficient (Wildman–Crippen LogP) is 3.63. The van der Waals surface area contributed by atoms with Gasteiger partial charge in [0.1, 0.15) is 5.75 Å². The summed E-state index contributed by atoms with van der Waals surface area (Å²) in [6.45, 7) is 5.10. The van der Waals surface area contributed by atoms with Crippen LogP contribution < -0.4 is 4.74 Å². The standard InChI is InChI=1S/C17H16O3/c1-12(2)17(19)20-15-10-8-14(9-11-15)16(18)13-6-4-3-5-7-13/h4,6-11H,1,3,5H2,2H3. The summed E-state index contributed by atoms with van der Waals surface area (Å²) in [6.07, 6.45) is 7.66. The predicted molar refractivity (Wildman–Crippen MR) is 77.7 cm³/mol. The molecule has 0 spiro atoms. The van der Waals surface area contributed by atoms with E-state index in [4.69, 9.17) is 4.74 Å². The Hall–Kier alpha value is -2.42. The smallest absolute Gasteiger partial charge is 0.338 e. The lowest BCUT2D eigenvalue weighted by atomic mass is 9.98. The molecule has 3 heteroatoms. The minimum atomic E-state index is -0.470. The van der Waals surface area contributed by atoms with Gasteiger partial charge in [0.2, 0.25) is 0 Å². The quantitative estimate of drug-likeness (QED) is 0.362. The van der Waals surface area contributed by atoms with Gasteiger partial charge in [-0.05, 0) is 44.0 Å². The van der Waals surface area contributed by atoms with E-state index < -0.39 is 5.97 Å². The third-order valence-electron chi connectivity index (χ3n) is 2.93. The first-order chi connectivity index (χ1) is 9.58. The van der Waals surface area contributed by atoms with Gasteiger partial charge in [0.25, 0.3) is 0 Å². The summed E-state index contributed by atoms with van der Waals surface area (Å²) in [5, 5.41) is 0. The number of Topliss-reactive ketones (excluding diaryl/α,β-unsaturated/α-hetero) is 1. The van der Waals surface area contributed by atoms with Gasteiger partial charge in [0, 0.05) is 16.7 Å². The van der Waals surface area contributed by atoms with Gasteiger partial charge in [-0.15, -0.1) is 0 Å². The minimum Gasteiger partial charge on any atom is -0.423 e. The Morgan fingerprint density at radius 2 is 1.85 bits per heavy atom. The maximum Gasteiger partial charge on any atom is 0.338 e. The van der Waals surface area contributed by atoms with Crippen LogP contribution in [0.4, 0.5) is 0 Å². The molecule has 20 heavy (non-hydrogen) atoms. The zero-order valence-corrected chi connectivity index (χ0v) is 11.4. The molecular formula is C17H16O3. The Morgan fingerprint density at radius 3 is 2.40 bits per heavy atom. The molecule has 2 rings (SSSR count). The highest BCUT2D eigenvalue weighted by molar-refractivity contribution is 6.10. The van der Waals surface area contributed by atoms with Crippen LogP contribution in [0.25, 0.3) is 0 Å². The Morgan fingerprint density at radius 1 is 1.15 bits per heavy atom. The van der Waals surface area contributed by atoms with E-state index in [0.717, 1.165) is 12.8 Å². The third kappa shape index (κ3) is 3.32. The van der Waals surface area contributed by atoms with Crippen LogP contribution in [0.15, 0.2) is 60.2 Å². The molecule has 0 radical (unpaired) electrons. The number of ether oxygens (including phenoxy) is 1. The topological polar surface area (TPSA) is 43.4 Å². The van der Waals surface area contributed by atoms with Crippen molar-refractivity contribution < 1.29 is 14.3 Å². The van der Waals surface area contributed by atoms with Gasteiger partial charge in [0.05, 0.1) is 0 Å². The maximum absolute atomic E-state index is 12.2. The molecule has 3 nitrogen and oxygen atoms in total. The summed E-state index contributed by atoms with van der Waals surface area (Å²) in [7, 11) is 0. The number of carbonyl (C=O) groups excluding carboxylic acids is 2. The molecule has 0 fully saturated rings. The molecule has 1 aliphatic rings. The third-order valence-corrected chi connectivity index (χ3v) is 2.93. The first-order valence-electron chi connectivity index (χ1n) is 6.47. The van der Waals surface area contributed by atoms with Crippen LogP contribution in [0.3, 0.4) is 0 Å². The number of allylic oxidation sites excluding steroid dienone is 4. The molecular weight excluding hydrogens is 252 g/mol. The number of rotatable bonds is 4. The summed E-state index contributed by atoms with van der Waals surface area (Å²) in [5.41, 5.74) is 1.63. The van der Waals surface area contributed by atoms with Crippen molar-refractivity contribution in [1.82, 2.24) is 0 Å². The minimum absolute atomic E-state index is 0.0151. The lowest BCUT2D eigenvalue weighted by molar-refractivity contribution is -0.130. The van der Waals surface area contributed by atoms with Crippen molar-refractivity contribution in [3.05, 3.63) is 65.8 Å². The number of ketones is 1. The van der Waals surface area contributed by atoms with Gasteiger partial charge >= 0.3 is 5.97 Å². The average molecular weight is 268 g/mol. The van der Waals surface area contributed by atoms with Crippen molar-refractivity contribution in [3.8, 4) is 5.75 Å². The number of benzene rings is 1. The first-order valence-corrected chi connectivity index (χ1v) is 6.47. The first kappa shape index (κ1) is 14.0. The molecule has 0 saturated heterocycles. The van der Waals surface area contributed by atoms with E-state index in [-0.39, 0.29) is 5.78 Å². The van der Waals surface area contributed by atoms with Gasteiger partial charge in [-0.2, -0.15) is 0 Å². The highest BCUT2D eigenvalue weighted by Gasteiger charge is 2.12. The van der Waals surface area contributed by atoms with Crippen molar-refractivity contribution in [2.45, 2.75) is 19.8 Å². The van der Waals surface area contributed by atoms with E-state index >= 15 is 0 Å². The maximum atomic E-state index is 12.2. The second-order valence-corrected chi connectivity index (χ2v) is 4.66. The summed E-state index contributed by atoms with van der Waals surface area (Å²) in [4.78, 5) is 23.6. The van der Waals surface area contributed by atoms with Crippen LogP contribution in [-0.4, -0.2) is 11.8 Å². The number of hydrogen-bond acceptors (Lipinski definition) is 3. The van der Waals surface area contributed by atoms with E-state index in [0.29, 0.717) is 22.5 Å². The number of esters is 1. The van der Waals surface area contributed by atoms with Crippen molar-refractivity contribution >= 4 is 11.8 Å². The van der Waals surface area contributed by atoms with Crippen LogP contribution in [0.2, 0.25) is 0 Å². The SMILES string of the molecule is C=C(C)C(=O)Oc1ccc(C(=O)C2=CCCC=C2)cc1. The van der Waals surface area contributed by atoms with Gasteiger partial charge < -0.3 is 4.74 Å². The van der Waals surface area contributed by atoms with Crippen molar-refractivity contribution in [1.29, 1.82) is 0 Å². The van der Waals surface area contributed by atoms with E-state index in [1.165, 1.54) is 0 Å². The summed E-state index contributed by atoms with van der Waals surface area (Å²) < 4.78 is 5.08. The molecule has 1 aromatic carbocycles. The van der Waals surface area contributed by atoms with Crippen molar-refractivity contribution in [3.63, 3.8) is 0 Å². The van der Waals surface area contributed by atoms with Gasteiger partial charge in [-0.3, -0.25) is 4.79 Å². The zero-order valence-electron chi connectivity index (χ0n) is 11.4. The molecule has 0 saturated carbocycles. The molecule has 1 aromatic rings. The molecule has 0 aliphatic heterocycles. The normalized spacial score (nSPS) is 13.6. The van der Waals surface area contributed by atoms with Gasteiger partial charge in [0.15, 0.2) is 5.78 Å². The van der Waals surface area contributed by atoms with Crippen LogP contribution in [0.1, 0.15) is 30.1 Å². The molecule has 0 unspecified atom stereocenters. The molecule has 0 amide bonds. The lowest BCUT2D eigenvalue weighted by Crippen LogP contribution is -2.08. The summed E-state index contributed by atoms with van der Waals surface area (Å²) >= 11 is 0. The van der Waals surface area contributed by atoms with Gasteiger partial charge in [-0.1, -0.05) is 24.8 Å². The van der Waals surface area contributed by atoms with E-state index in [9.17, 15) is 9.59 Å². The number of hydrogen-bond donors (Lipinski definition) is 0. The molecule has 0 aromatic heterocycles. The summed E-state index contributed by atoms with van der Waals surface area (Å²) in [6, 6.07) is 6.54. The Kier molecular flexibility index (Phi) is 4.31. The van der Waals surface area contributed by atoms with Crippen LogP contribution in [0, 0.1) is 0 Å². The van der Waals surface area contributed by atoms with Crippen LogP contribution >= 0.6 is 0 Å². The zero-order chi connectivity index (χ0) is 14.5. The fourth-order valence-corrected chi connectivity index (χ4v) is 1.82. The molecule has 0 N–H and O–H groups in total. The fraction of sp³-hybridized carbons (Fsp3) is 0.176. The fourth-order valence-electron chi connectivity index (χ4n) is 1.82. The Balaban J connectivity index is 2.10. The monoisotopic (exact) mass is 268 g/mol. The largest absolute Gasteiger partial charge is 0.423 e. The molecule has 102 valence electrons. The second-order valence-electron chi connectivity index (χ2n) is 4.66. The van der Waals surface area contributed by atoms with Gasteiger partial charge in [-0.25, -0.2) is 4.79 Å². The highest BCUT2D eigenvalue weighted by Crippen LogP contribution is 2.19. The van der Waals surface area contributed by atoms with E-state index in [2.05, 4.69) is 6.58 Å². The van der Waals surface area contributed by atoms with Crippen molar-refractivity contribution in [2.75, 3.05) is 0 Å². The summed E-state index contributed by atoms with van der Waals surface area (Å²) in [5.74, 6) is -0.0801. The average Bonchev–Trinajstić information content (AvgIpc) is 2.48. The molecule has 1 aliphatic carbocycles. The Bertz CT molecular complexity index is 604. The van der Waals surface area contributed by atoms with Crippen LogP contribution in [0.5, 0.6) is 5.75 Å². The Labute approximate surface area is 118 Å². The molecule has 0 heterocycles. The molecule has 0 atom stereocenters. The number of carbonyl (C=O) groups is 2. The van der Waals surface area contributed by atoms with Crippen LogP contribution in [-0.2, 0) is 4.79 Å². The lowest BCUT2D eigenvalue weighted by Gasteiger charge is -2.07.